The van der Waals surface area contributed by atoms with Crippen LogP contribution in [-0.4, -0.2) is 21.1 Å². The van der Waals surface area contributed by atoms with E-state index in [0.29, 0.717) is 10.9 Å². The quantitative estimate of drug-likeness (QED) is 0.638. The summed E-state index contributed by atoms with van der Waals surface area (Å²) in [5.74, 6) is 0.797. The molecular formula is C12H18N4S. The molecule has 92 valence electrons. The summed E-state index contributed by atoms with van der Waals surface area (Å²) in [4.78, 5) is 8.43. The first-order valence-corrected chi connectivity index (χ1v) is 6.86. The van der Waals surface area contributed by atoms with Gasteiger partial charge in [0.15, 0.2) is 0 Å². The van der Waals surface area contributed by atoms with Crippen molar-refractivity contribution >= 4 is 17.6 Å². The van der Waals surface area contributed by atoms with E-state index in [9.17, 15) is 0 Å². The van der Waals surface area contributed by atoms with Gasteiger partial charge >= 0.3 is 0 Å². The highest BCUT2D eigenvalue weighted by molar-refractivity contribution is 7.99. The third-order valence-corrected chi connectivity index (χ3v) is 4.29. The molecule has 0 radical (unpaired) electrons. The molecule has 1 heterocycles. The van der Waals surface area contributed by atoms with Gasteiger partial charge in [-0.15, -0.1) is 11.8 Å². The van der Waals surface area contributed by atoms with Crippen LogP contribution >= 0.6 is 11.8 Å². The summed E-state index contributed by atoms with van der Waals surface area (Å²) in [7, 11) is 0. The Balaban J connectivity index is 1.96. The van der Waals surface area contributed by atoms with Crippen molar-refractivity contribution in [2.75, 3.05) is 0 Å². The van der Waals surface area contributed by atoms with E-state index in [4.69, 9.17) is 11.1 Å². The molecule has 0 aromatic carbocycles. The van der Waals surface area contributed by atoms with Crippen LogP contribution in [0.5, 0.6) is 0 Å². The minimum atomic E-state index is -0.0275. The number of rotatable bonds is 3. The summed E-state index contributed by atoms with van der Waals surface area (Å²) >= 11 is 1.80. The van der Waals surface area contributed by atoms with Crippen molar-refractivity contribution in [3.63, 3.8) is 0 Å². The molecule has 0 spiro atoms. The first-order valence-electron chi connectivity index (χ1n) is 5.98. The predicted octanol–water partition coefficient (Wildman–Crippen LogP) is 2.43. The summed E-state index contributed by atoms with van der Waals surface area (Å²) in [5, 5.41) is 8.86. The van der Waals surface area contributed by atoms with Crippen molar-refractivity contribution in [3.8, 4) is 0 Å². The maximum Gasteiger partial charge on any atom is 0.143 e. The van der Waals surface area contributed by atoms with Gasteiger partial charge in [0, 0.05) is 5.25 Å². The van der Waals surface area contributed by atoms with E-state index >= 15 is 0 Å². The van der Waals surface area contributed by atoms with Gasteiger partial charge in [-0.25, -0.2) is 9.97 Å². The molecule has 5 heteroatoms. The molecule has 0 aliphatic heterocycles. The standard InChI is InChI=1S/C12H18N4S/c1-8-3-2-4-9(5-8)17-11-7-15-10(6-16-11)12(13)14/h6-9H,2-5H2,1H3,(H3,13,14). The van der Waals surface area contributed by atoms with Gasteiger partial charge in [0.2, 0.25) is 0 Å². The van der Waals surface area contributed by atoms with Gasteiger partial charge in [0.1, 0.15) is 16.6 Å². The molecule has 1 aromatic heterocycles. The van der Waals surface area contributed by atoms with E-state index in [1.165, 1.54) is 25.7 Å². The van der Waals surface area contributed by atoms with Crippen molar-refractivity contribution in [3.05, 3.63) is 18.1 Å². The number of thioether (sulfide) groups is 1. The molecule has 1 aliphatic rings. The summed E-state index contributed by atoms with van der Waals surface area (Å²) in [5.41, 5.74) is 5.79. The molecular weight excluding hydrogens is 232 g/mol. The molecule has 0 bridgehead atoms. The number of aromatic nitrogens is 2. The average Bonchev–Trinajstić information content (AvgIpc) is 2.29. The Morgan fingerprint density at radius 2 is 2.24 bits per heavy atom. The third-order valence-electron chi connectivity index (χ3n) is 3.08. The smallest absolute Gasteiger partial charge is 0.143 e. The molecule has 2 rings (SSSR count). The molecule has 1 fully saturated rings. The van der Waals surface area contributed by atoms with Crippen LogP contribution in [0.25, 0.3) is 0 Å². The fourth-order valence-corrected chi connectivity index (χ4v) is 3.45. The van der Waals surface area contributed by atoms with Gasteiger partial charge < -0.3 is 5.73 Å². The zero-order valence-electron chi connectivity index (χ0n) is 10.0. The number of hydrogen-bond donors (Lipinski definition) is 2. The van der Waals surface area contributed by atoms with Gasteiger partial charge in [0.05, 0.1) is 12.4 Å². The number of amidine groups is 1. The monoisotopic (exact) mass is 250 g/mol. The third kappa shape index (κ3) is 3.43. The number of nitrogen functional groups attached to an aromatic ring is 1. The first-order chi connectivity index (χ1) is 8.15. The zero-order chi connectivity index (χ0) is 12.3. The van der Waals surface area contributed by atoms with Crippen LogP contribution in [-0.2, 0) is 0 Å². The minimum Gasteiger partial charge on any atom is -0.382 e. The molecule has 0 saturated heterocycles. The van der Waals surface area contributed by atoms with Crippen LogP contribution in [0.4, 0.5) is 0 Å². The SMILES string of the molecule is CC1CCCC(Sc2cnc(C(=N)N)cn2)C1. The van der Waals surface area contributed by atoms with E-state index in [-0.39, 0.29) is 5.84 Å². The molecule has 1 aromatic rings. The van der Waals surface area contributed by atoms with Gasteiger partial charge in [-0.2, -0.15) is 0 Å². The molecule has 1 saturated carbocycles. The predicted molar refractivity (Wildman–Crippen MR) is 70.3 cm³/mol. The topological polar surface area (TPSA) is 75.7 Å². The van der Waals surface area contributed by atoms with Crippen LogP contribution in [0.15, 0.2) is 17.4 Å². The second kappa shape index (κ2) is 5.49. The molecule has 0 amide bonds. The lowest BCUT2D eigenvalue weighted by atomic mass is 9.91. The summed E-state index contributed by atoms with van der Waals surface area (Å²) < 4.78 is 0. The lowest BCUT2D eigenvalue weighted by Gasteiger charge is -2.25. The molecule has 3 N–H and O–H groups in total. The van der Waals surface area contributed by atoms with Gasteiger partial charge in [-0.05, 0) is 18.8 Å². The van der Waals surface area contributed by atoms with Gasteiger partial charge in [-0.1, -0.05) is 19.8 Å². The van der Waals surface area contributed by atoms with Crippen molar-refractivity contribution < 1.29 is 0 Å². The summed E-state index contributed by atoms with van der Waals surface area (Å²) in [6, 6.07) is 0. The molecule has 1 aliphatic carbocycles. The van der Waals surface area contributed by atoms with Crippen LogP contribution in [0.1, 0.15) is 38.3 Å². The van der Waals surface area contributed by atoms with Crippen LogP contribution in [0, 0.1) is 11.3 Å². The van der Waals surface area contributed by atoms with Crippen molar-refractivity contribution in [2.45, 2.75) is 42.9 Å². The highest BCUT2D eigenvalue weighted by atomic mass is 32.2. The van der Waals surface area contributed by atoms with Crippen LogP contribution in [0.3, 0.4) is 0 Å². The lowest BCUT2D eigenvalue weighted by molar-refractivity contribution is 0.394. The maximum absolute atomic E-state index is 7.25. The fraction of sp³-hybridized carbons (Fsp3) is 0.583. The second-order valence-corrected chi connectivity index (χ2v) is 5.99. The zero-order valence-corrected chi connectivity index (χ0v) is 10.8. The molecule has 2 unspecified atom stereocenters. The highest BCUT2D eigenvalue weighted by Crippen LogP contribution is 2.34. The normalized spacial score (nSPS) is 24.5. The molecule has 4 nitrogen and oxygen atoms in total. The highest BCUT2D eigenvalue weighted by Gasteiger charge is 2.20. The van der Waals surface area contributed by atoms with Crippen LogP contribution < -0.4 is 5.73 Å². The van der Waals surface area contributed by atoms with Crippen molar-refractivity contribution in [2.24, 2.45) is 11.7 Å². The Kier molecular flexibility index (Phi) is 3.99. The number of nitrogens with one attached hydrogen (secondary N) is 1. The summed E-state index contributed by atoms with van der Waals surface area (Å²) in [6.07, 6.45) is 8.51. The number of nitrogens with two attached hydrogens (primary N) is 1. The van der Waals surface area contributed by atoms with E-state index in [1.54, 1.807) is 24.2 Å². The van der Waals surface area contributed by atoms with E-state index in [0.717, 1.165) is 10.9 Å². The van der Waals surface area contributed by atoms with Gasteiger partial charge in [-0.3, -0.25) is 5.41 Å². The van der Waals surface area contributed by atoms with E-state index in [1.807, 2.05) is 0 Å². The minimum absolute atomic E-state index is 0.0275. The number of hydrogen-bond acceptors (Lipinski definition) is 4. The first kappa shape index (κ1) is 12.4. The van der Waals surface area contributed by atoms with E-state index < -0.39 is 0 Å². The Labute approximate surface area is 106 Å². The van der Waals surface area contributed by atoms with Crippen molar-refractivity contribution in [1.29, 1.82) is 5.41 Å². The molecule has 17 heavy (non-hydrogen) atoms. The maximum atomic E-state index is 7.25. The Morgan fingerprint density at radius 1 is 1.41 bits per heavy atom. The fourth-order valence-electron chi connectivity index (χ4n) is 2.17. The lowest BCUT2D eigenvalue weighted by Crippen LogP contribution is -2.16. The number of nitrogens with zero attached hydrogens (tertiary/aromatic N) is 2. The molecule has 2 atom stereocenters. The Morgan fingerprint density at radius 3 is 2.82 bits per heavy atom. The average molecular weight is 250 g/mol. The summed E-state index contributed by atoms with van der Waals surface area (Å²) in [6.45, 7) is 2.32. The van der Waals surface area contributed by atoms with Crippen LogP contribution in [0.2, 0.25) is 0 Å². The Hall–Kier alpha value is -1.10. The second-order valence-electron chi connectivity index (χ2n) is 4.67. The van der Waals surface area contributed by atoms with E-state index in [2.05, 4.69) is 16.9 Å². The van der Waals surface area contributed by atoms with Crippen molar-refractivity contribution in [1.82, 2.24) is 9.97 Å². The largest absolute Gasteiger partial charge is 0.382 e. The Bertz CT molecular complexity index is 390. The van der Waals surface area contributed by atoms with Gasteiger partial charge in [0.25, 0.3) is 0 Å².